The van der Waals surface area contributed by atoms with Gasteiger partial charge in [-0.25, -0.2) is 0 Å². The zero-order chi connectivity index (χ0) is 13.1. The van der Waals surface area contributed by atoms with E-state index in [9.17, 15) is 0 Å². The number of pyridine rings is 1. The smallest absolute Gasteiger partial charge is 0.211 e. The lowest BCUT2D eigenvalue weighted by molar-refractivity contribution is 0.146. The number of nitriles is 1. The molecule has 0 fully saturated rings. The number of rotatable bonds is 6. The Kier molecular flexibility index (Phi) is 6.89. The standard InChI is InChI=1S/C11H16N6O/c12-3-7-18-8-6-15-11(16-9-13)17-10-1-4-14-5-2-10/h1-2,4-5H,3,6-8,12H2,(H2,14,15,16,17). The molecular weight excluding hydrogens is 232 g/mol. The van der Waals surface area contributed by atoms with Crippen molar-refractivity contribution in [3.05, 3.63) is 24.5 Å². The van der Waals surface area contributed by atoms with Crippen molar-refractivity contribution in [1.29, 1.82) is 5.26 Å². The van der Waals surface area contributed by atoms with E-state index in [2.05, 4.69) is 20.6 Å². The number of nitrogens with one attached hydrogen (secondary N) is 2. The zero-order valence-corrected chi connectivity index (χ0v) is 9.97. The van der Waals surface area contributed by atoms with Gasteiger partial charge in [0.1, 0.15) is 0 Å². The van der Waals surface area contributed by atoms with E-state index in [4.69, 9.17) is 15.7 Å². The fourth-order valence-electron chi connectivity index (χ4n) is 1.16. The Morgan fingerprint density at radius 1 is 1.44 bits per heavy atom. The lowest BCUT2D eigenvalue weighted by atomic mass is 10.4. The van der Waals surface area contributed by atoms with Crippen LogP contribution in [-0.4, -0.2) is 37.2 Å². The largest absolute Gasteiger partial charge is 0.378 e. The van der Waals surface area contributed by atoms with Crippen LogP contribution in [0, 0.1) is 11.5 Å². The Hall–Kier alpha value is -2.17. The molecule has 0 saturated heterocycles. The summed E-state index contributed by atoms with van der Waals surface area (Å²) in [7, 11) is 0. The maximum absolute atomic E-state index is 8.58. The topological polar surface area (TPSA) is 108 Å². The van der Waals surface area contributed by atoms with Crippen LogP contribution in [0.2, 0.25) is 0 Å². The van der Waals surface area contributed by atoms with E-state index in [0.717, 1.165) is 5.69 Å². The van der Waals surface area contributed by atoms with E-state index in [-0.39, 0.29) is 0 Å². The van der Waals surface area contributed by atoms with Crippen LogP contribution in [0.25, 0.3) is 0 Å². The number of hydrogen-bond acceptors (Lipinski definition) is 5. The van der Waals surface area contributed by atoms with Crippen LogP contribution in [0.3, 0.4) is 0 Å². The molecule has 1 aromatic heterocycles. The minimum atomic E-state index is 0.375. The molecule has 1 aromatic rings. The highest BCUT2D eigenvalue weighted by Crippen LogP contribution is 2.02. The molecule has 4 N–H and O–H groups in total. The van der Waals surface area contributed by atoms with Crippen molar-refractivity contribution < 1.29 is 4.74 Å². The molecule has 1 heterocycles. The van der Waals surface area contributed by atoms with Crippen LogP contribution in [0.15, 0.2) is 29.5 Å². The van der Waals surface area contributed by atoms with Gasteiger partial charge in [0.2, 0.25) is 12.2 Å². The number of ether oxygens (including phenoxy) is 1. The summed E-state index contributed by atoms with van der Waals surface area (Å²) < 4.78 is 5.20. The SMILES string of the molecule is N#CN=C(NCCOCCN)Nc1ccncc1. The molecule has 0 aliphatic carbocycles. The Balaban J connectivity index is 2.37. The third kappa shape index (κ3) is 5.79. The summed E-state index contributed by atoms with van der Waals surface area (Å²) >= 11 is 0. The maximum Gasteiger partial charge on any atom is 0.211 e. The summed E-state index contributed by atoms with van der Waals surface area (Å²) in [5, 5.41) is 14.5. The van der Waals surface area contributed by atoms with Gasteiger partial charge >= 0.3 is 0 Å². The van der Waals surface area contributed by atoms with E-state index in [1.807, 2.05) is 0 Å². The quantitative estimate of drug-likeness (QED) is 0.281. The highest BCUT2D eigenvalue weighted by Gasteiger charge is 1.99. The van der Waals surface area contributed by atoms with E-state index in [0.29, 0.717) is 32.3 Å². The number of anilines is 1. The van der Waals surface area contributed by atoms with Crippen LogP contribution in [0.5, 0.6) is 0 Å². The van der Waals surface area contributed by atoms with Crippen molar-refractivity contribution in [2.75, 3.05) is 31.6 Å². The summed E-state index contributed by atoms with van der Waals surface area (Å²) in [4.78, 5) is 7.53. The van der Waals surface area contributed by atoms with Crippen LogP contribution >= 0.6 is 0 Å². The second kappa shape index (κ2) is 8.92. The summed E-state index contributed by atoms with van der Waals surface area (Å²) in [6.45, 7) is 2.05. The van der Waals surface area contributed by atoms with Gasteiger partial charge in [-0.2, -0.15) is 5.26 Å². The van der Waals surface area contributed by atoms with Crippen molar-refractivity contribution in [1.82, 2.24) is 10.3 Å². The van der Waals surface area contributed by atoms with Crippen LogP contribution in [-0.2, 0) is 4.74 Å². The van der Waals surface area contributed by atoms with E-state index in [1.54, 1.807) is 30.7 Å². The Labute approximate surface area is 106 Å². The number of hydrogen-bond donors (Lipinski definition) is 3. The Morgan fingerprint density at radius 2 is 2.22 bits per heavy atom. The molecule has 7 nitrogen and oxygen atoms in total. The molecule has 0 aliphatic rings. The van der Waals surface area contributed by atoms with Crippen molar-refractivity contribution in [2.45, 2.75) is 0 Å². The molecule has 0 unspecified atom stereocenters. The molecule has 0 aliphatic heterocycles. The highest BCUT2D eigenvalue weighted by atomic mass is 16.5. The van der Waals surface area contributed by atoms with Crippen molar-refractivity contribution in [3.63, 3.8) is 0 Å². The van der Waals surface area contributed by atoms with E-state index in [1.165, 1.54) is 0 Å². The first-order valence-electron chi connectivity index (χ1n) is 5.52. The number of guanidine groups is 1. The molecule has 0 radical (unpaired) electrons. The van der Waals surface area contributed by atoms with Crippen LogP contribution in [0.4, 0.5) is 5.69 Å². The fraction of sp³-hybridized carbons (Fsp3) is 0.364. The van der Waals surface area contributed by atoms with E-state index < -0.39 is 0 Å². The molecular formula is C11H16N6O. The minimum Gasteiger partial charge on any atom is -0.378 e. The summed E-state index contributed by atoms with van der Waals surface area (Å²) in [6.07, 6.45) is 5.03. The molecule has 1 rings (SSSR count). The zero-order valence-electron chi connectivity index (χ0n) is 9.97. The molecule has 0 amide bonds. The van der Waals surface area contributed by atoms with Gasteiger partial charge in [-0.05, 0) is 12.1 Å². The van der Waals surface area contributed by atoms with Gasteiger partial charge in [0.05, 0.1) is 13.2 Å². The van der Waals surface area contributed by atoms with Gasteiger partial charge in [-0.3, -0.25) is 4.98 Å². The number of nitrogens with zero attached hydrogens (tertiary/aromatic N) is 3. The molecule has 7 heteroatoms. The average Bonchev–Trinajstić information content (AvgIpc) is 2.40. The Bertz CT molecular complexity index is 400. The molecule has 0 spiro atoms. The molecule has 0 saturated carbocycles. The average molecular weight is 248 g/mol. The summed E-state index contributed by atoms with van der Waals surface area (Å²) in [6, 6.07) is 3.55. The highest BCUT2D eigenvalue weighted by molar-refractivity contribution is 5.94. The maximum atomic E-state index is 8.58. The Morgan fingerprint density at radius 3 is 2.89 bits per heavy atom. The lowest BCUT2D eigenvalue weighted by Crippen LogP contribution is -2.33. The normalized spacial score (nSPS) is 10.8. The molecule has 0 atom stereocenters. The minimum absolute atomic E-state index is 0.375. The van der Waals surface area contributed by atoms with Crippen LogP contribution in [0.1, 0.15) is 0 Å². The van der Waals surface area contributed by atoms with E-state index >= 15 is 0 Å². The third-order valence-corrected chi connectivity index (χ3v) is 1.91. The molecule has 96 valence electrons. The van der Waals surface area contributed by atoms with Crippen molar-refractivity contribution >= 4 is 11.6 Å². The third-order valence-electron chi connectivity index (χ3n) is 1.91. The molecule has 18 heavy (non-hydrogen) atoms. The summed E-state index contributed by atoms with van der Waals surface area (Å²) in [5.41, 5.74) is 6.09. The van der Waals surface area contributed by atoms with Gasteiger partial charge in [0.15, 0.2) is 0 Å². The predicted molar refractivity (Wildman–Crippen MR) is 68.8 cm³/mol. The summed E-state index contributed by atoms with van der Waals surface area (Å²) in [5.74, 6) is 0.375. The monoisotopic (exact) mass is 248 g/mol. The number of nitrogens with two attached hydrogens (primary N) is 1. The van der Waals surface area contributed by atoms with Gasteiger partial charge in [0.25, 0.3) is 0 Å². The first-order valence-corrected chi connectivity index (χ1v) is 5.52. The molecule has 0 bridgehead atoms. The molecule has 0 aromatic carbocycles. The van der Waals surface area contributed by atoms with Crippen molar-refractivity contribution in [3.8, 4) is 6.19 Å². The van der Waals surface area contributed by atoms with Crippen LogP contribution < -0.4 is 16.4 Å². The number of aromatic nitrogens is 1. The fourth-order valence-corrected chi connectivity index (χ4v) is 1.16. The first kappa shape index (κ1) is 13.9. The van der Waals surface area contributed by atoms with Gasteiger partial charge < -0.3 is 21.1 Å². The van der Waals surface area contributed by atoms with Crippen molar-refractivity contribution in [2.24, 2.45) is 10.7 Å². The first-order chi connectivity index (χ1) is 8.86. The lowest BCUT2D eigenvalue weighted by Gasteiger charge is -2.10. The van der Waals surface area contributed by atoms with Gasteiger partial charge in [-0.15, -0.1) is 4.99 Å². The number of aliphatic imine (C=N–C) groups is 1. The van der Waals surface area contributed by atoms with Gasteiger partial charge in [0, 0.05) is 31.2 Å². The second-order valence-electron chi connectivity index (χ2n) is 3.25. The predicted octanol–water partition coefficient (Wildman–Crippen LogP) is -0.105. The van der Waals surface area contributed by atoms with Gasteiger partial charge in [-0.1, -0.05) is 0 Å². The second-order valence-corrected chi connectivity index (χ2v) is 3.25.